The van der Waals surface area contributed by atoms with Crippen LogP contribution in [0, 0.1) is 5.41 Å². The molecule has 0 aromatic carbocycles. The summed E-state index contributed by atoms with van der Waals surface area (Å²) < 4.78 is 18.6. The molecule has 0 radical (unpaired) electrons. The van der Waals surface area contributed by atoms with Gasteiger partial charge >= 0.3 is 23.9 Å². The van der Waals surface area contributed by atoms with Crippen LogP contribution >= 0.6 is 0 Å². The first-order chi connectivity index (χ1) is 10.6. The Balaban J connectivity index is 3.83. The van der Waals surface area contributed by atoms with Gasteiger partial charge in [-0.1, -0.05) is 6.58 Å². The monoisotopic (exact) mass is 330 g/mol. The number of ether oxygens (including phenoxy) is 4. The number of esters is 4. The highest BCUT2D eigenvalue weighted by Crippen LogP contribution is 2.14. The highest BCUT2D eigenvalue weighted by Gasteiger charge is 2.23. The first-order valence-electron chi connectivity index (χ1n) is 6.89. The minimum Gasteiger partial charge on any atom is -0.462 e. The number of hydrogen-bond donors (Lipinski definition) is 0. The van der Waals surface area contributed by atoms with Crippen molar-refractivity contribution in [2.24, 2.45) is 5.41 Å². The summed E-state index contributed by atoms with van der Waals surface area (Å²) in [5.41, 5.74) is -0.454. The van der Waals surface area contributed by atoms with Crippen LogP contribution in [0.2, 0.25) is 0 Å². The summed E-state index contributed by atoms with van der Waals surface area (Å²) in [7, 11) is 0. The van der Waals surface area contributed by atoms with Crippen LogP contribution in [-0.4, -0.2) is 50.3 Å². The van der Waals surface area contributed by atoms with Crippen LogP contribution in [0.5, 0.6) is 0 Å². The van der Waals surface area contributed by atoms with Crippen molar-refractivity contribution in [1.29, 1.82) is 0 Å². The molecule has 0 aliphatic rings. The van der Waals surface area contributed by atoms with Gasteiger partial charge in [-0.3, -0.25) is 4.79 Å². The quantitative estimate of drug-likeness (QED) is 0.222. The number of carbonyl (C=O) groups is 4. The van der Waals surface area contributed by atoms with E-state index in [2.05, 4.69) is 20.8 Å². The minimum absolute atomic E-state index is 0.161. The Morgan fingerprint density at radius 1 is 0.739 bits per heavy atom. The van der Waals surface area contributed by atoms with Crippen LogP contribution in [0.15, 0.2) is 12.2 Å². The molecule has 0 spiro atoms. The van der Waals surface area contributed by atoms with Gasteiger partial charge in [0.2, 0.25) is 0 Å². The molecule has 0 aliphatic heterocycles. The SMILES string of the molecule is C=C(C)C(=O)OCCOC(=O)C(=O)OCCOC(=O)C(C)(C)C. The van der Waals surface area contributed by atoms with Gasteiger partial charge in [0.25, 0.3) is 0 Å². The maximum atomic E-state index is 11.4. The Bertz CT molecular complexity index is 472. The van der Waals surface area contributed by atoms with Gasteiger partial charge in [0.15, 0.2) is 0 Å². The fourth-order valence-corrected chi connectivity index (χ4v) is 0.995. The van der Waals surface area contributed by atoms with Crippen LogP contribution in [0.25, 0.3) is 0 Å². The zero-order chi connectivity index (χ0) is 18.0. The van der Waals surface area contributed by atoms with Crippen molar-refractivity contribution in [3.63, 3.8) is 0 Å². The summed E-state index contributed by atoms with van der Waals surface area (Å²) in [4.78, 5) is 45.0. The van der Waals surface area contributed by atoms with Crippen molar-refractivity contribution in [3.8, 4) is 0 Å². The Labute approximate surface area is 134 Å². The van der Waals surface area contributed by atoms with E-state index in [1.807, 2.05) is 0 Å². The van der Waals surface area contributed by atoms with E-state index in [4.69, 9.17) is 4.74 Å². The molecule has 0 saturated heterocycles. The molecule has 0 aliphatic carbocycles. The molecule has 0 aromatic heterocycles. The molecule has 0 N–H and O–H groups in total. The van der Waals surface area contributed by atoms with Gasteiger partial charge in [-0.25, -0.2) is 14.4 Å². The lowest BCUT2D eigenvalue weighted by molar-refractivity contribution is -0.171. The van der Waals surface area contributed by atoms with Crippen LogP contribution in [0.1, 0.15) is 27.7 Å². The third-order valence-electron chi connectivity index (χ3n) is 2.23. The highest BCUT2D eigenvalue weighted by atomic mass is 16.6. The van der Waals surface area contributed by atoms with E-state index in [0.29, 0.717) is 0 Å². The Hall–Kier alpha value is -2.38. The maximum Gasteiger partial charge on any atom is 0.417 e. The third kappa shape index (κ3) is 9.28. The second-order valence-corrected chi connectivity index (χ2v) is 5.57. The lowest BCUT2D eigenvalue weighted by atomic mass is 9.97. The summed E-state index contributed by atoms with van der Waals surface area (Å²) in [5.74, 6) is -3.51. The van der Waals surface area contributed by atoms with Gasteiger partial charge in [0.05, 0.1) is 5.41 Å². The van der Waals surface area contributed by atoms with E-state index in [0.717, 1.165) is 0 Å². The molecule has 0 saturated carbocycles. The summed E-state index contributed by atoms with van der Waals surface area (Å²) in [5, 5.41) is 0. The molecule has 0 rings (SSSR count). The number of carbonyl (C=O) groups excluding carboxylic acids is 4. The Kier molecular flexibility index (Phi) is 8.61. The molecular formula is C15H22O8. The Morgan fingerprint density at radius 3 is 1.43 bits per heavy atom. The van der Waals surface area contributed by atoms with Crippen LogP contribution in [0.4, 0.5) is 0 Å². The van der Waals surface area contributed by atoms with Gasteiger partial charge in [-0.15, -0.1) is 0 Å². The van der Waals surface area contributed by atoms with Crippen molar-refractivity contribution in [1.82, 2.24) is 0 Å². The lowest BCUT2D eigenvalue weighted by Gasteiger charge is -2.16. The summed E-state index contributed by atoms with van der Waals surface area (Å²) in [6, 6.07) is 0. The molecule has 0 atom stereocenters. The van der Waals surface area contributed by atoms with Gasteiger partial charge in [-0.2, -0.15) is 0 Å². The van der Waals surface area contributed by atoms with E-state index < -0.39 is 29.3 Å². The molecular weight excluding hydrogens is 308 g/mol. The van der Waals surface area contributed by atoms with E-state index in [1.54, 1.807) is 20.8 Å². The molecule has 8 nitrogen and oxygen atoms in total. The molecule has 8 heteroatoms. The zero-order valence-electron chi connectivity index (χ0n) is 13.8. The fraction of sp³-hybridized carbons (Fsp3) is 0.600. The smallest absolute Gasteiger partial charge is 0.417 e. The van der Waals surface area contributed by atoms with Crippen molar-refractivity contribution in [2.75, 3.05) is 26.4 Å². The molecule has 0 heterocycles. The summed E-state index contributed by atoms with van der Waals surface area (Å²) in [6.45, 7) is 8.97. The summed E-state index contributed by atoms with van der Waals surface area (Å²) in [6.07, 6.45) is 0. The molecule has 23 heavy (non-hydrogen) atoms. The van der Waals surface area contributed by atoms with Gasteiger partial charge in [-0.05, 0) is 27.7 Å². The largest absolute Gasteiger partial charge is 0.462 e. The van der Waals surface area contributed by atoms with Crippen LogP contribution < -0.4 is 0 Å². The minimum atomic E-state index is -1.22. The molecule has 0 amide bonds. The third-order valence-corrected chi connectivity index (χ3v) is 2.23. The first-order valence-corrected chi connectivity index (χ1v) is 6.89. The van der Waals surface area contributed by atoms with E-state index in [-0.39, 0.29) is 32.0 Å². The van der Waals surface area contributed by atoms with E-state index >= 15 is 0 Å². The van der Waals surface area contributed by atoms with Gasteiger partial charge < -0.3 is 18.9 Å². The van der Waals surface area contributed by atoms with Crippen LogP contribution in [0.3, 0.4) is 0 Å². The highest BCUT2D eigenvalue weighted by molar-refractivity contribution is 6.29. The molecule has 0 aromatic rings. The standard InChI is InChI=1S/C15H22O8/c1-10(2)11(16)20-6-7-21-12(17)13(18)22-8-9-23-14(19)15(3,4)5/h1,6-9H2,2-5H3. The average molecular weight is 330 g/mol. The fourth-order valence-electron chi connectivity index (χ4n) is 0.995. The van der Waals surface area contributed by atoms with E-state index in [9.17, 15) is 19.2 Å². The van der Waals surface area contributed by atoms with Crippen molar-refractivity contribution in [2.45, 2.75) is 27.7 Å². The normalized spacial score (nSPS) is 10.4. The molecule has 0 fully saturated rings. The lowest BCUT2D eigenvalue weighted by Crippen LogP contribution is -2.27. The van der Waals surface area contributed by atoms with Crippen molar-refractivity contribution < 1.29 is 38.1 Å². The van der Waals surface area contributed by atoms with Crippen molar-refractivity contribution >= 4 is 23.9 Å². The molecule has 0 bridgehead atoms. The predicted octanol–water partition coefficient (Wildman–Crippen LogP) is 0.781. The number of hydrogen-bond acceptors (Lipinski definition) is 8. The van der Waals surface area contributed by atoms with Crippen LogP contribution in [-0.2, 0) is 38.1 Å². The topological polar surface area (TPSA) is 105 Å². The van der Waals surface area contributed by atoms with E-state index in [1.165, 1.54) is 6.92 Å². The Morgan fingerprint density at radius 2 is 1.09 bits per heavy atom. The van der Waals surface area contributed by atoms with Crippen molar-refractivity contribution in [3.05, 3.63) is 12.2 Å². The summed E-state index contributed by atoms with van der Waals surface area (Å²) >= 11 is 0. The molecule has 0 unspecified atom stereocenters. The zero-order valence-corrected chi connectivity index (χ0v) is 13.8. The van der Waals surface area contributed by atoms with Gasteiger partial charge in [0.1, 0.15) is 26.4 Å². The first kappa shape index (κ1) is 20.6. The maximum absolute atomic E-state index is 11.4. The number of rotatable bonds is 7. The molecule has 130 valence electrons. The predicted molar refractivity (Wildman–Crippen MR) is 78.1 cm³/mol. The van der Waals surface area contributed by atoms with Gasteiger partial charge in [0, 0.05) is 5.57 Å². The average Bonchev–Trinajstić information content (AvgIpc) is 2.45. The second-order valence-electron chi connectivity index (χ2n) is 5.57. The second kappa shape index (κ2) is 9.60.